The van der Waals surface area contributed by atoms with Crippen molar-refractivity contribution >= 4 is 16.9 Å². The van der Waals surface area contributed by atoms with Crippen LogP contribution in [0.5, 0.6) is 5.75 Å². The molecule has 1 aromatic carbocycles. The molecule has 2 atom stereocenters. The molecule has 2 saturated heterocycles. The molecule has 0 N–H and O–H groups in total. The van der Waals surface area contributed by atoms with Crippen molar-refractivity contribution in [2.45, 2.75) is 44.0 Å². The quantitative estimate of drug-likeness (QED) is 0.414. The van der Waals surface area contributed by atoms with E-state index in [-0.39, 0.29) is 18.6 Å². The van der Waals surface area contributed by atoms with E-state index in [0.717, 1.165) is 54.4 Å². The third-order valence-electron chi connectivity index (χ3n) is 7.02. The van der Waals surface area contributed by atoms with Gasteiger partial charge in [0, 0.05) is 52.9 Å². The molecule has 0 saturated carbocycles. The zero-order valence-electron chi connectivity index (χ0n) is 21.5. The highest BCUT2D eigenvalue weighted by atomic mass is 32.2. The Morgan fingerprint density at radius 2 is 1.74 bits per heavy atom. The van der Waals surface area contributed by atoms with E-state index in [9.17, 15) is 9.00 Å². The second kappa shape index (κ2) is 13.0. The van der Waals surface area contributed by atoms with Crippen LogP contribution in [0.15, 0.2) is 17.0 Å². The lowest BCUT2D eigenvalue weighted by Gasteiger charge is -2.26. The molecule has 8 nitrogen and oxygen atoms in total. The summed E-state index contributed by atoms with van der Waals surface area (Å²) >= 11 is 0. The zero-order valence-corrected chi connectivity index (χ0v) is 22.4. The molecule has 0 bridgehead atoms. The van der Waals surface area contributed by atoms with Crippen molar-refractivity contribution in [3.05, 3.63) is 23.3 Å². The van der Waals surface area contributed by atoms with Crippen molar-refractivity contribution in [2.24, 2.45) is 0 Å². The molecule has 2 aliphatic rings. The average Bonchev–Trinajstić information content (AvgIpc) is 3.51. The fraction of sp³-hybridized carbons (Fsp3) is 0.720. The second-order valence-corrected chi connectivity index (χ2v) is 11.1. The summed E-state index contributed by atoms with van der Waals surface area (Å²) in [6, 6.07) is 4.05. The SMILES string of the molecule is COc1cc(C)c(S(=O)N(C)CCOCC(=O)N(C)[C@@H]2CCN(CCN3CCCC3)C2)c(C)c1. The number of carbonyl (C=O) groups excluding carboxylic acids is 1. The van der Waals surface area contributed by atoms with Gasteiger partial charge in [-0.15, -0.1) is 0 Å². The fourth-order valence-corrected chi connectivity index (χ4v) is 6.04. The van der Waals surface area contributed by atoms with Gasteiger partial charge < -0.3 is 19.3 Å². The predicted molar refractivity (Wildman–Crippen MR) is 136 cm³/mol. The summed E-state index contributed by atoms with van der Waals surface area (Å²) < 4.78 is 25.7. The Labute approximate surface area is 207 Å². The minimum atomic E-state index is -1.30. The smallest absolute Gasteiger partial charge is 0.248 e. The Bertz CT molecular complexity index is 823. The summed E-state index contributed by atoms with van der Waals surface area (Å²) in [5.41, 5.74) is 1.87. The van der Waals surface area contributed by atoms with Crippen molar-refractivity contribution in [1.82, 2.24) is 19.0 Å². The molecular weight excluding hydrogens is 452 g/mol. The molecule has 0 aliphatic carbocycles. The molecule has 0 spiro atoms. The number of hydrogen-bond acceptors (Lipinski definition) is 6. The Hall–Kier alpha value is -1.52. The first-order valence-electron chi connectivity index (χ1n) is 12.4. The number of hydrogen-bond donors (Lipinski definition) is 0. The number of likely N-dealkylation sites (tertiary alicyclic amines) is 2. The van der Waals surface area contributed by atoms with Crippen LogP contribution < -0.4 is 4.74 Å². The highest BCUT2D eigenvalue weighted by molar-refractivity contribution is 7.82. The van der Waals surface area contributed by atoms with Crippen molar-refractivity contribution in [3.8, 4) is 5.75 Å². The summed E-state index contributed by atoms with van der Waals surface area (Å²) in [5, 5.41) is 0. The number of aryl methyl sites for hydroxylation is 2. The van der Waals surface area contributed by atoms with Crippen LogP contribution >= 0.6 is 0 Å². The van der Waals surface area contributed by atoms with Crippen molar-refractivity contribution in [3.63, 3.8) is 0 Å². The van der Waals surface area contributed by atoms with Crippen LogP contribution in [-0.2, 0) is 20.5 Å². The van der Waals surface area contributed by atoms with Gasteiger partial charge in [0.25, 0.3) is 0 Å². The minimum absolute atomic E-state index is 0.0111. The zero-order chi connectivity index (χ0) is 24.7. The number of amides is 1. The first kappa shape index (κ1) is 27.1. The summed E-state index contributed by atoms with van der Waals surface area (Å²) in [6.45, 7) is 11.5. The number of rotatable bonds is 12. The van der Waals surface area contributed by atoms with Gasteiger partial charge in [0.1, 0.15) is 23.3 Å². The van der Waals surface area contributed by atoms with E-state index in [1.54, 1.807) is 11.4 Å². The fourth-order valence-electron chi connectivity index (χ4n) is 4.82. The molecule has 3 rings (SSSR count). The number of methoxy groups -OCH3 is 1. The maximum atomic E-state index is 13.0. The van der Waals surface area contributed by atoms with E-state index in [1.807, 2.05) is 45.0 Å². The van der Waals surface area contributed by atoms with Crippen LogP contribution in [0.1, 0.15) is 30.4 Å². The first-order valence-corrected chi connectivity index (χ1v) is 13.5. The average molecular weight is 495 g/mol. The monoisotopic (exact) mass is 494 g/mol. The van der Waals surface area contributed by atoms with Gasteiger partial charge in [-0.2, -0.15) is 0 Å². The third-order valence-corrected chi connectivity index (χ3v) is 8.76. The van der Waals surface area contributed by atoms with Crippen LogP contribution in [-0.4, -0.2) is 115 Å². The summed E-state index contributed by atoms with van der Waals surface area (Å²) in [5.74, 6) is 0.776. The molecule has 1 unspecified atom stereocenters. The third kappa shape index (κ3) is 7.24. The first-order chi connectivity index (χ1) is 16.3. The minimum Gasteiger partial charge on any atom is -0.497 e. The van der Waals surface area contributed by atoms with Gasteiger partial charge in [0.2, 0.25) is 5.91 Å². The Balaban J connectivity index is 1.36. The molecule has 2 heterocycles. The highest BCUT2D eigenvalue weighted by Gasteiger charge is 2.28. The highest BCUT2D eigenvalue weighted by Crippen LogP contribution is 2.25. The molecule has 34 heavy (non-hydrogen) atoms. The summed E-state index contributed by atoms with van der Waals surface area (Å²) in [7, 11) is 4.03. The predicted octanol–water partition coefficient (Wildman–Crippen LogP) is 1.91. The van der Waals surface area contributed by atoms with Crippen molar-refractivity contribution in [1.29, 1.82) is 0 Å². The van der Waals surface area contributed by atoms with E-state index in [1.165, 1.54) is 25.9 Å². The van der Waals surface area contributed by atoms with Gasteiger partial charge in [0.05, 0.1) is 18.6 Å². The molecule has 1 aromatic rings. The van der Waals surface area contributed by atoms with Crippen LogP contribution in [0.2, 0.25) is 0 Å². The van der Waals surface area contributed by atoms with E-state index < -0.39 is 11.0 Å². The Morgan fingerprint density at radius 1 is 1.09 bits per heavy atom. The maximum absolute atomic E-state index is 13.0. The number of nitrogens with zero attached hydrogens (tertiary/aromatic N) is 4. The van der Waals surface area contributed by atoms with Crippen LogP contribution in [0.25, 0.3) is 0 Å². The van der Waals surface area contributed by atoms with Gasteiger partial charge in [-0.25, -0.2) is 8.51 Å². The lowest BCUT2D eigenvalue weighted by atomic mass is 10.1. The maximum Gasteiger partial charge on any atom is 0.248 e. The Kier molecular flexibility index (Phi) is 10.3. The molecule has 0 radical (unpaired) electrons. The second-order valence-electron chi connectivity index (χ2n) is 9.54. The van der Waals surface area contributed by atoms with Gasteiger partial charge in [-0.3, -0.25) is 9.69 Å². The molecule has 0 aromatic heterocycles. The van der Waals surface area contributed by atoms with Gasteiger partial charge in [0.15, 0.2) is 0 Å². The molecular formula is C25H42N4O4S. The topological polar surface area (TPSA) is 65.6 Å². The van der Waals surface area contributed by atoms with Crippen LogP contribution in [0.4, 0.5) is 0 Å². The number of ether oxygens (including phenoxy) is 2. The van der Waals surface area contributed by atoms with E-state index in [2.05, 4.69) is 9.80 Å². The van der Waals surface area contributed by atoms with Crippen molar-refractivity contribution < 1.29 is 18.5 Å². The molecule has 1 amide bonds. The van der Waals surface area contributed by atoms with Crippen LogP contribution in [0, 0.1) is 13.8 Å². The van der Waals surface area contributed by atoms with E-state index in [0.29, 0.717) is 13.2 Å². The molecule has 192 valence electrons. The van der Waals surface area contributed by atoms with E-state index >= 15 is 0 Å². The number of likely N-dealkylation sites (N-methyl/N-ethyl adjacent to an activating group) is 2. The number of benzene rings is 1. The lowest BCUT2D eigenvalue weighted by molar-refractivity contribution is -0.136. The van der Waals surface area contributed by atoms with Gasteiger partial charge >= 0.3 is 0 Å². The molecule has 2 aliphatic heterocycles. The molecule has 9 heteroatoms. The summed E-state index contributed by atoms with van der Waals surface area (Å²) in [4.78, 5) is 20.3. The van der Waals surface area contributed by atoms with Gasteiger partial charge in [-0.1, -0.05) is 0 Å². The van der Waals surface area contributed by atoms with Gasteiger partial charge in [-0.05, 0) is 69.5 Å². The van der Waals surface area contributed by atoms with Crippen molar-refractivity contribution in [2.75, 3.05) is 80.2 Å². The summed E-state index contributed by atoms with van der Waals surface area (Å²) in [6.07, 6.45) is 3.67. The Morgan fingerprint density at radius 3 is 2.38 bits per heavy atom. The normalized spacial score (nSPS) is 20.2. The lowest BCUT2D eigenvalue weighted by Crippen LogP contribution is -2.42. The molecule has 2 fully saturated rings. The number of carbonyl (C=O) groups is 1. The largest absolute Gasteiger partial charge is 0.497 e. The van der Waals surface area contributed by atoms with E-state index in [4.69, 9.17) is 9.47 Å². The van der Waals surface area contributed by atoms with Crippen LogP contribution in [0.3, 0.4) is 0 Å². The standard InChI is InChI=1S/C25H42N4O4S/c1-20-16-23(32-5)17-21(2)25(20)34(31)26(3)14-15-33-19-24(30)27(4)22-8-11-29(18-22)13-12-28-9-6-7-10-28/h16-17,22H,6-15,18-19H2,1-5H3/t22-,34?/m1/s1.